The van der Waals surface area contributed by atoms with Gasteiger partial charge in [-0.3, -0.25) is 9.52 Å². The number of halogens is 6. The number of alkyl halides is 3. The molecule has 2 unspecified atom stereocenters. The van der Waals surface area contributed by atoms with E-state index in [9.17, 15) is 18.0 Å². The van der Waals surface area contributed by atoms with E-state index in [2.05, 4.69) is 4.72 Å². The van der Waals surface area contributed by atoms with E-state index in [4.69, 9.17) is 34.8 Å². The zero-order chi connectivity index (χ0) is 25.2. The third-order valence-electron chi connectivity index (χ3n) is 6.49. The highest BCUT2D eigenvalue weighted by atomic mass is 35.5. The minimum absolute atomic E-state index is 0.0121. The Morgan fingerprint density at radius 3 is 2.49 bits per heavy atom. The summed E-state index contributed by atoms with van der Waals surface area (Å²) in [6.45, 7) is 0. The van der Waals surface area contributed by atoms with Crippen molar-refractivity contribution >= 4 is 58.7 Å². The van der Waals surface area contributed by atoms with Gasteiger partial charge in [0.2, 0.25) is 5.91 Å². The van der Waals surface area contributed by atoms with Gasteiger partial charge in [-0.25, -0.2) is 0 Å². The molecule has 1 fully saturated rings. The van der Waals surface area contributed by atoms with Gasteiger partial charge < -0.3 is 0 Å². The van der Waals surface area contributed by atoms with Crippen molar-refractivity contribution in [3.05, 3.63) is 73.7 Å². The van der Waals surface area contributed by atoms with E-state index in [1.165, 1.54) is 41.3 Å². The summed E-state index contributed by atoms with van der Waals surface area (Å²) in [6.07, 6.45) is 4.08. The number of aryl methyl sites for hydroxylation is 1. The van der Waals surface area contributed by atoms with Crippen LogP contribution in [0.2, 0.25) is 15.1 Å². The minimum Gasteiger partial charge on any atom is -0.300 e. The predicted molar refractivity (Wildman–Crippen MR) is 139 cm³/mol. The molecule has 2 atom stereocenters. The molecule has 2 aromatic rings. The smallest absolute Gasteiger partial charge is 0.300 e. The Labute approximate surface area is 222 Å². The van der Waals surface area contributed by atoms with Crippen LogP contribution in [0.3, 0.4) is 0 Å². The number of amides is 1. The summed E-state index contributed by atoms with van der Waals surface area (Å²) in [4.78, 5) is 11.8. The van der Waals surface area contributed by atoms with Crippen molar-refractivity contribution in [3.8, 4) is 0 Å². The van der Waals surface area contributed by atoms with Gasteiger partial charge in [-0.15, -0.1) is 0 Å². The first kappa shape index (κ1) is 26.7. The van der Waals surface area contributed by atoms with Crippen molar-refractivity contribution in [2.45, 2.75) is 56.5 Å². The average molecular weight is 563 g/mol. The lowest BCUT2D eigenvalue weighted by Gasteiger charge is -2.26. The molecule has 2 aromatic carbocycles. The van der Waals surface area contributed by atoms with Gasteiger partial charge in [0.15, 0.2) is 0 Å². The van der Waals surface area contributed by atoms with Crippen LogP contribution in [0.15, 0.2) is 36.4 Å². The van der Waals surface area contributed by atoms with Crippen molar-refractivity contribution in [1.29, 1.82) is 0 Å². The lowest BCUT2D eigenvalue weighted by molar-refractivity contribution is -0.139. The second-order valence-corrected chi connectivity index (χ2v) is 11.2. The Balaban J connectivity index is 1.45. The van der Waals surface area contributed by atoms with Crippen molar-refractivity contribution in [2.75, 3.05) is 5.75 Å². The topological polar surface area (TPSA) is 29.1 Å². The molecule has 0 aliphatic heterocycles. The molecule has 4 rings (SSSR count). The summed E-state index contributed by atoms with van der Waals surface area (Å²) < 4.78 is 44.5. The lowest BCUT2D eigenvalue weighted by atomic mass is 9.80. The van der Waals surface area contributed by atoms with Crippen molar-refractivity contribution < 1.29 is 18.0 Å². The van der Waals surface area contributed by atoms with Gasteiger partial charge >= 0.3 is 6.18 Å². The fraction of sp³-hybridized carbons (Fsp3) is 0.423. The Morgan fingerprint density at radius 2 is 1.83 bits per heavy atom. The molecule has 1 N–H and O–H groups in total. The molecule has 2 aliphatic carbocycles. The SMILES string of the molecule is O=C(NSCCC1CCCc2cc(/C=C/C(c3cc(Cl)c(Cl)c(Cl)c3)C(F)(F)F)ccc21)C1CC1. The number of hydrogen-bond acceptors (Lipinski definition) is 2. The summed E-state index contributed by atoms with van der Waals surface area (Å²) in [5, 5.41) is 0.0127. The molecule has 0 bridgehead atoms. The third-order valence-corrected chi connectivity index (χ3v) is 8.48. The molecule has 1 amide bonds. The highest BCUT2D eigenvalue weighted by Gasteiger charge is 2.39. The average Bonchev–Trinajstić information content (AvgIpc) is 3.65. The maximum Gasteiger partial charge on any atom is 0.399 e. The van der Waals surface area contributed by atoms with Crippen LogP contribution >= 0.6 is 46.8 Å². The molecule has 2 nitrogen and oxygen atoms in total. The molecule has 2 aliphatic rings. The van der Waals surface area contributed by atoms with Gasteiger partial charge in [0.1, 0.15) is 0 Å². The first-order valence-corrected chi connectivity index (χ1v) is 13.7. The highest BCUT2D eigenvalue weighted by molar-refractivity contribution is 7.97. The van der Waals surface area contributed by atoms with E-state index >= 15 is 0 Å². The predicted octanol–water partition coefficient (Wildman–Crippen LogP) is 8.99. The lowest BCUT2D eigenvalue weighted by Crippen LogP contribution is -2.19. The Bertz CT molecular complexity index is 1090. The Morgan fingerprint density at radius 1 is 1.11 bits per heavy atom. The van der Waals surface area contributed by atoms with Crippen LogP contribution in [0.1, 0.15) is 66.2 Å². The molecule has 9 heteroatoms. The van der Waals surface area contributed by atoms with Gasteiger partial charge in [-0.05, 0) is 78.8 Å². The van der Waals surface area contributed by atoms with E-state index in [1.807, 2.05) is 18.2 Å². The number of allylic oxidation sites excluding steroid dienone is 1. The second-order valence-electron chi connectivity index (χ2n) is 9.10. The van der Waals surface area contributed by atoms with E-state index in [-0.39, 0.29) is 32.5 Å². The molecular weight excluding hydrogens is 538 g/mol. The number of nitrogens with one attached hydrogen (secondary N) is 1. The van der Waals surface area contributed by atoms with E-state index in [0.717, 1.165) is 55.9 Å². The quantitative estimate of drug-likeness (QED) is 0.198. The van der Waals surface area contributed by atoms with Crippen LogP contribution < -0.4 is 4.72 Å². The summed E-state index contributed by atoms with van der Waals surface area (Å²) in [5.41, 5.74) is 3.09. The molecule has 0 heterocycles. The van der Waals surface area contributed by atoms with Gasteiger partial charge in [-0.1, -0.05) is 77.1 Å². The Kier molecular flexibility index (Phi) is 8.68. The van der Waals surface area contributed by atoms with Gasteiger partial charge in [0.25, 0.3) is 0 Å². The second kappa shape index (κ2) is 11.4. The molecule has 1 saturated carbocycles. The molecule has 0 saturated heterocycles. The summed E-state index contributed by atoms with van der Waals surface area (Å²) in [5.74, 6) is -0.292. The van der Waals surface area contributed by atoms with E-state index in [1.54, 1.807) is 0 Å². The van der Waals surface area contributed by atoms with Gasteiger partial charge in [0, 0.05) is 11.7 Å². The molecule has 188 valence electrons. The largest absolute Gasteiger partial charge is 0.399 e. The number of rotatable bonds is 8. The number of carbonyl (C=O) groups excluding carboxylic acids is 1. The van der Waals surface area contributed by atoms with Crippen LogP contribution in [0.5, 0.6) is 0 Å². The van der Waals surface area contributed by atoms with Crippen molar-refractivity contribution in [3.63, 3.8) is 0 Å². The van der Waals surface area contributed by atoms with Crippen LogP contribution in [0.4, 0.5) is 13.2 Å². The first-order valence-electron chi connectivity index (χ1n) is 11.6. The van der Waals surface area contributed by atoms with Crippen LogP contribution in [0.25, 0.3) is 6.08 Å². The zero-order valence-corrected chi connectivity index (χ0v) is 21.9. The zero-order valence-electron chi connectivity index (χ0n) is 18.8. The number of benzene rings is 2. The van der Waals surface area contributed by atoms with Crippen LogP contribution in [-0.2, 0) is 11.2 Å². The molecular formula is C26H25Cl3F3NOS. The normalized spacial score (nSPS) is 19.0. The first-order chi connectivity index (χ1) is 16.6. The molecule has 0 radical (unpaired) electrons. The van der Waals surface area contributed by atoms with Crippen molar-refractivity contribution in [2.24, 2.45) is 5.92 Å². The van der Waals surface area contributed by atoms with Gasteiger partial charge in [0.05, 0.1) is 21.0 Å². The van der Waals surface area contributed by atoms with Crippen LogP contribution in [0, 0.1) is 5.92 Å². The number of carbonyl (C=O) groups is 1. The molecule has 35 heavy (non-hydrogen) atoms. The maximum absolute atomic E-state index is 13.8. The van der Waals surface area contributed by atoms with Crippen molar-refractivity contribution in [1.82, 2.24) is 4.72 Å². The monoisotopic (exact) mass is 561 g/mol. The van der Waals surface area contributed by atoms with Gasteiger partial charge in [-0.2, -0.15) is 13.2 Å². The van der Waals surface area contributed by atoms with Crippen LogP contribution in [-0.4, -0.2) is 17.8 Å². The molecule has 0 spiro atoms. The highest BCUT2D eigenvalue weighted by Crippen LogP contribution is 2.41. The number of fused-ring (bicyclic) bond motifs is 1. The van der Waals surface area contributed by atoms with E-state index in [0.29, 0.717) is 5.92 Å². The fourth-order valence-electron chi connectivity index (χ4n) is 4.46. The number of hydrogen-bond donors (Lipinski definition) is 1. The summed E-state index contributed by atoms with van der Waals surface area (Å²) >= 11 is 19.3. The fourth-order valence-corrected chi connectivity index (χ4v) is 5.89. The van der Waals surface area contributed by atoms with E-state index < -0.39 is 12.1 Å². The molecule has 0 aromatic heterocycles. The maximum atomic E-state index is 13.8. The standard InChI is InChI=1S/C26H25Cl3F3NOS/c27-22-13-19(14-23(28)24(22)29)21(26(30,31)32)9-5-15-4-8-20-16(2-1-3-18(20)12-15)10-11-35-33-25(34)17-6-7-17/h4-5,8-9,12-14,16-17,21H,1-3,6-7,10-11H2,(H,33,34)/b9-5+. The third kappa shape index (κ3) is 6.91. The summed E-state index contributed by atoms with van der Waals surface area (Å²) in [7, 11) is 0. The Hall–Kier alpha value is -1.34. The minimum atomic E-state index is -4.51. The summed E-state index contributed by atoms with van der Waals surface area (Å²) in [6, 6.07) is 8.30.